The molecule has 0 saturated heterocycles. The Labute approximate surface area is 108 Å². The maximum atomic E-state index is 10.9. The van der Waals surface area contributed by atoms with Gasteiger partial charge in [-0.05, 0) is 12.1 Å². The second-order valence-electron chi connectivity index (χ2n) is 3.47. The first-order valence-electron chi connectivity index (χ1n) is 5.18. The van der Waals surface area contributed by atoms with Crippen molar-refractivity contribution in [3.05, 3.63) is 40.7 Å². The van der Waals surface area contributed by atoms with Crippen molar-refractivity contribution in [2.45, 2.75) is 0 Å². The van der Waals surface area contributed by atoms with E-state index in [1.54, 1.807) is 0 Å². The van der Waals surface area contributed by atoms with Gasteiger partial charge in [0.1, 0.15) is 17.9 Å². The van der Waals surface area contributed by atoms with Crippen molar-refractivity contribution >= 4 is 11.5 Å². The minimum Gasteiger partial charge on any atom is -0.490 e. The normalized spacial score (nSPS) is 9.95. The summed E-state index contributed by atoms with van der Waals surface area (Å²) in [7, 11) is 1.36. The number of methoxy groups -OCH3 is 1. The van der Waals surface area contributed by atoms with Gasteiger partial charge >= 0.3 is 5.69 Å². The molecule has 0 saturated carbocycles. The minimum atomic E-state index is -0.556. The smallest absolute Gasteiger partial charge is 0.314 e. The highest BCUT2D eigenvalue weighted by Crippen LogP contribution is 2.32. The van der Waals surface area contributed by atoms with Crippen LogP contribution in [0.15, 0.2) is 30.6 Å². The molecule has 0 unspecified atom stereocenters. The van der Waals surface area contributed by atoms with Crippen LogP contribution >= 0.6 is 0 Å². The summed E-state index contributed by atoms with van der Waals surface area (Å²) < 4.78 is 10.2. The lowest BCUT2D eigenvalue weighted by Gasteiger charge is -2.06. The number of nitro groups is 1. The number of nitrogen functional groups attached to an aromatic ring is 1. The summed E-state index contributed by atoms with van der Waals surface area (Å²) >= 11 is 0. The van der Waals surface area contributed by atoms with Crippen LogP contribution in [0.25, 0.3) is 0 Å². The highest BCUT2D eigenvalue weighted by Gasteiger charge is 2.16. The SMILES string of the molecule is COc1ccc(Oc2cc(N)ncn2)cc1[N+](=O)[O-]. The lowest BCUT2D eigenvalue weighted by molar-refractivity contribution is -0.385. The van der Waals surface area contributed by atoms with Crippen molar-refractivity contribution in [3.8, 4) is 17.4 Å². The molecule has 0 aliphatic carbocycles. The van der Waals surface area contributed by atoms with Gasteiger partial charge in [0.15, 0.2) is 5.75 Å². The molecule has 1 aromatic heterocycles. The molecule has 1 heterocycles. The van der Waals surface area contributed by atoms with Gasteiger partial charge in [0.25, 0.3) is 0 Å². The van der Waals surface area contributed by atoms with Gasteiger partial charge in [0.05, 0.1) is 18.1 Å². The molecular weight excluding hydrogens is 252 g/mol. The zero-order valence-corrected chi connectivity index (χ0v) is 9.94. The Bertz CT molecular complexity index is 617. The largest absolute Gasteiger partial charge is 0.490 e. The van der Waals surface area contributed by atoms with Crippen LogP contribution in [0.2, 0.25) is 0 Å². The van der Waals surface area contributed by atoms with Crippen LogP contribution in [0.5, 0.6) is 17.4 Å². The number of nitro benzene ring substituents is 1. The third kappa shape index (κ3) is 2.86. The van der Waals surface area contributed by atoms with E-state index in [0.29, 0.717) is 0 Å². The monoisotopic (exact) mass is 262 g/mol. The third-order valence-electron chi connectivity index (χ3n) is 2.23. The number of nitrogens with zero attached hydrogens (tertiary/aromatic N) is 3. The average Bonchev–Trinajstić information content (AvgIpc) is 2.38. The molecule has 8 heteroatoms. The van der Waals surface area contributed by atoms with E-state index in [9.17, 15) is 10.1 Å². The van der Waals surface area contributed by atoms with Gasteiger partial charge in [-0.15, -0.1) is 0 Å². The van der Waals surface area contributed by atoms with E-state index in [-0.39, 0.29) is 28.9 Å². The minimum absolute atomic E-state index is 0.152. The molecular formula is C11H10N4O4. The Morgan fingerprint density at radius 3 is 2.74 bits per heavy atom. The van der Waals surface area contributed by atoms with Gasteiger partial charge in [0.2, 0.25) is 5.88 Å². The third-order valence-corrected chi connectivity index (χ3v) is 2.23. The molecule has 0 aliphatic heterocycles. The Balaban J connectivity index is 2.31. The van der Waals surface area contributed by atoms with Crippen LogP contribution in [0, 0.1) is 10.1 Å². The standard InChI is InChI=1S/C11H10N4O4/c1-18-9-3-2-7(4-8(9)15(16)17)19-11-5-10(12)13-6-14-11/h2-6H,1H3,(H2,12,13,14). The lowest BCUT2D eigenvalue weighted by atomic mass is 10.3. The fourth-order valence-corrected chi connectivity index (χ4v) is 1.41. The molecule has 1 aromatic carbocycles. The van der Waals surface area contributed by atoms with Gasteiger partial charge < -0.3 is 15.2 Å². The number of ether oxygens (including phenoxy) is 2. The first kappa shape index (κ1) is 12.6. The highest BCUT2D eigenvalue weighted by atomic mass is 16.6. The maximum Gasteiger partial charge on any atom is 0.314 e. The Morgan fingerprint density at radius 2 is 2.11 bits per heavy atom. The van der Waals surface area contributed by atoms with Crippen molar-refractivity contribution in [1.29, 1.82) is 0 Å². The molecule has 8 nitrogen and oxygen atoms in total. The Hall–Kier alpha value is -2.90. The highest BCUT2D eigenvalue weighted by molar-refractivity contribution is 5.51. The van der Waals surface area contributed by atoms with E-state index in [1.165, 1.54) is 37.7 Å². The van der Waals surface area contributed by atoms with E-state index in [2.05, 4.69) is 9.97 Å². The predicted octanol–water partition coefficient (Wildman–Crippen LogP) is 1.77. The van der Waals surface area contributed by atoms with Crippen molar-refractivity contribution in [2.75, 3.05) is 12.8 Å². The molecule has 98 valence electrons. The second kappa shape index (κ2) is 5.17. The van der Waals surface area contributed by atoms with Gasteiger partial charge in [-0.2, -0.15) is 0 Å². The molecule has 0 fully saturated rings. The maximum absolute atomic E-state index is 10.9. The van der Waals surface area contributed by atoms with E-state index in [1.807, 2.05) is 0 Å². The van der Waals surface area contributed by atoms with Crippen molar-refractivity contribution in [2.24, 2.45) is 0 Å². The van der Waals surface area contributed by atoms with E-state index in [0.717, 1.165) is 0 Å². The summed E-state index contributed by atoms with van der Waals surface area (Å²) in [5.74, 6) is 0.852. The summed E-state index contributed by atoms with van der Waals surface area (Å²) in [6.45, 7) is 0. The zero-order valence-electron chi connectivity index (χ0n) is 9.94. The Kier molecular flexibility index (Phi) is 3.42. The molecule has 0 atom stereocenters. The van der Waals surface area contributed by atoms with Crippen LogP contribution in [-0.2, 0) is 0 Å². The number of nitrogens with two attached hydrogens (primary N) is 1. The van der Waals surface area contributed by atoms with Gasteiger partial charge in [-0.3, -0.25) is 10.1 Å². The van der Waals surface area contributed by atoms with E-state index in [4.69, 9.17) is 15.2 Å². The van der Waals surface area contributed by atoms with Gasteiger partial charge in [-0.25, -0.2) is 9.97 Å². The number of hydrogen-bond acceptors (Lipinski definition) is 7. The fraction of sp³-hybridized carbons (Fsp3) is 0.0909. The van der Waals surface area contributed by atoms with Crippen molar-refractivity contribution < 1.29 is 14.4 Å². The fourth-order valence-electron chi connectivity index (χ4n) is 1.41. The van der Waals surface area contributed by atoms with Crippen molar-refractivity contribution in [1.82, 2.24) is 9.97 Å². The molecule has 19 heavy (non-hydrogen) atoms. The number of aromatic nitrogens is 2. The molecule has 2 aromatic rings. The molecule has 0 bridgehead atoms. The van der Waals surface area contributed by atoms with E-state index < -0.39 is 4.92 Å². The van der Waals surface area contributed by atoms with Crippen LogP contribution < -0.4 is 15.2 Å². The van der Waals surface area contributed by atoms with E-state index >= 15 is 0 Å². The number of anilines is 1. The topological polar surface area (TPSA) is 113 Å². The number of hydrogen-bond donors (Lipinski definition) is 1. The first-order valence-corrected chi connectivity index (χ1v) is 5.18. The van der Waals surface area contributed by atoms with Crippen LogP contribution in [-0.4, -0.2) is 22.0 Å². The quantitative estimate of drug-likeness (QED) is 0.659. The lowest BCUT2D eigenvalue weighted by Crippen LogP contribution is -1.96. The number of rotatable bonds is 4. The van der Waals surface area contributed by atoms with Crippen LogP contribution in [0.1, 0.15) is 0 Å². The molecule has 0 amide bonds. The first-order chi connectivity index (χ1) is 9.10. The summed E-state index contributed by atoms with van der Waals surface area (Å²) in [6, 6.07) is 5.63. The second-order valence-corrected chi connectivity index (χ2v) is 3.47. The predicted molar refractivity (Wildman–Crippen MR) is 66.2 cm³/mol. The van der Waals surface area contributed by atoms with Crippen LogP contribution in [0.4, 0.5) is 11.5 Å². The summed E-state index contributed by atoms with van der Waals surface area (Å²) in [6.07, 6.45) is 1.24. The Morgan fingerprint density at radius 1 is 1.32 bits per heavy atom. The number of benzene rings is 1. The molecule has 2 rings (SSSR count). The molecule has 0 radical (unpaired) electrons. The van der Waals surface area contributed by atoms with Crippen LogP contribution in [0.3, 0.4) is 0 Å². The molecule has 2 N–H and O–H groups in total. The zero-order chi connectivity index (χ0) is 13.8. The molecule has 0 spiro atoms. The van der Waals surface area contributed by atoms with Gasteiger partial charge in [-0.1, -0.05) is 0 Å². The average molecular weight is 262 g/mol. The summed E-state index contributed by atoms with van der Waals surface area (Å²) in [4.78, 5) is 17.9. The summed E-state index contributed by atoms with van der Waals surface area (Å²) in [5, 5.41) is 10.9. The van der Waals surface area contributed by atoms with Gasteiger partial charge in [0, 0.05) is 6.07 Å². The molecule has 0 aliphatic rings. The van der Waals surface area contributed by atoms with Crippen molar-refractivity contribution in [3.63, 3.8) is 0 Å². The summed E-state index contributed by atoms with van der Waals surface area (Å²) in [5.41, 5.74) is 5.28.